The molecule has 0 saturated carbocycles. The SMILES string of the molecule is COc1c(C)cnc(CN(C)C(=O)CCCN2C(=O)c3ccc(Br)cc3C2=O)c1C. The fraction of sp³-hybridized carbons (Fsp3) is 0.364. The molecule has 0 bridgehead atoms. The van der Waals surface area contributed by atoms with Crippen molar-refractivity contribution in [3.8, 4) is 5.75 Å². The van der Waals surface area contributed by atoms with E-state index in [-0.39, 0.29) is 30.7 Å². The van der Waals surface area contributed by atoms with Gasteiger partial charge in [0.15, 0.2) is 0 Å². The highest BCUT2D eigenvalue weighted by atomic mass is 79.9. The van der Waals surface area contributed by atoms with Crippen LogP contribution in [0, 0.1) is 13.8 Å². The van der Waals surface area contributed by atoms with E-state index in [4.69, 9.17) is 4.74 Å². The molecule has 0 saturated heterocycles. The summed E-state index contributed by atoms with van der Waals surface area (Å²) in [5.41, 5.74) is 3.43. The zero-order valence-corrected chi connectivity index (χ0v) is 19.1. The predicted octanol–water partition coefficient (Wildman–Crippen LogP) is 3.50. The van der Waals surface area contributed by atoms with E-state index in [1.165, 1.54) is 4.90 Å². The Morgan fingerprint density at radius 2 is 1.90 bits per heavy atom. The molecule has 1 aromatic heterocycles. The van der Waals surface area contributed by atoms with E-state index in [2.05, 4.69) is 20.9 Å². The number of hydrogen-bond donors (Lipinski definition) is 0. The molecule has 30 heavy (non-hydrogen) atoms. The van der Waals surface area contributed by atoms with Gasteiger partial charge in [-0.3, -0.25) is 24.3 Å². The van der Waals surface area contributed by atoms with Crippen LogP contribution in [0.5, 0.6) is 5.75 Å². The lowest BCUT2D eigenvalue weighted by Gasteiger charge is -2.20. The Kier molecular flexibility index (Phi) is 6.55. The van der Waals surface area contributed by atoms with E-state index in [9.17, 15) is 14.4 Å². The van der Waals surface area contributed by atoms with Crippen molar-refractivity contribution in [2.45, 2.75) is 33.2 Å². The second-order valence-corrected chi connectivity index (χ2v) is 8.27. The van der Waals surface area contributed by atoms with Gasteiger partial charge < -0.3 is 9.64 Å². The minimum absolute atomic E-state index is 0.0740. The van der Waals surface area contributed by atoms with Crippen LogP contribution in [0.15, 0.2) is 28.9 Å². The first kappa shape index (κ1) is 22.0. The van der Waals surface area contributed by atoms with Gasteiger partial charge in [-0.1, -0.05) is 15.9 Å². The normalized spacial score (nSPS) is 12.9. The highest BCUT2D eigenvalue weighted by molar-refractivity contribution is 9.10. The number of nitrogens with zero attached hydrogens (tertiary/aromatic N) is 3. The molecule has 158 valence electrons. The topological polar surface area (TPSA) is 79.8 Å². The molecule has 3 amide bonds. The van der Waals surface area contributed by atoms with Crippen molar-refractivity contribution in [3.63, 3.8) is 0 Å². The highest BCUT2D eigenvalue weighted by Crippen LogP contribution is 2.27. The van der Waals surface area contributed by atoms with Crippen LogP contribution >= 0.6 is 15.9 Å². The van der Waals surface area contributed by atoms with Crippen molar-refractivity contribution in [2.75, 3.05) is 20.7 Å². The van der Waals surface area contributed by atoms with E-state index in [1.807, 2.05) is 13.8 Å². The van der Waals surface area contributed by atoms with Crippen LogP contribution in [-0.4, -0.2) is 53.2 Å². The minimum atomic E-state index is -0.316. The second kappa shape index (κ2) is 8.95. The van der Waals surface area contributed by atoms with Crippen molar-refractivity contribution in [1.29, 1.82) is 0 Å². The van der Waals surface area contributed by atoms with Gasteiger partial charge in [0.05, 0.1) is 30.5 Å². The summed E-state index contributed by atoms with van der Waals surface area (Å²) in [4.78, 5) is 44.8. The third-order valence-electron chi connectivity index (χ3n) is 5.27. The number of hydrogen-bond acceptors (Lipinski definition) is 5. The molecule has 1 aliphatic rings. The number of fused-ring (bicyclic) bond motifs is 1. The van der Waals surface area contributed by atoms with Crippen LogP contribution in [0.4, 0.5) is 0 Å². The number of aryl methyl sites for hydroxylation is 1. The molecular weight excluding hydrogens is 450 g/mol. The Bertz CT molecular complexity index is 1020. The maximum absolute atomic E-state index is 12.6. The third kappa shape index (κ3) is 4.23. The molecule has 0 atom stereocenters. The summed E-state index contributed by atoms with van der Waals surface area (Å²) in [6, 6.07) is 5.03. The molecule has 0 unspecified atom stereocenters. The fourth-order valence-electron chi connectivity index (χ4n) is 3.59. The number of carbonyl (C=O) groups excluding carboxylic acids is 3. The van der Waals surface area contributed by atoms with Crippen molar-refractivity contribution in [3.05, 3.63) is 56.8 Å². The molecule has 2 aromatic rings. The van der Waals surface area contributed by atoms with Gasteiger partial charge in [-0.15, -0.1) is 0 Å². The van der Waals surface area contributed by atoms with E-state index >= 15 is 0 Å². The zero-order valence-electron chi connectivity index (χ0n) is 17.5. The second-order valence-electron chi connectivity index (χ2n) is 7.35. The van der Waals surface area contributed by atoms with Gasteiger partial charge in [0.25, 0.3) is 11.8 Å². The molecule has 0 fully saturated rings. The first-order valence-corrected chi connectivity index (χ1v) is 10.4. The number of ether oxygens (including phenoxy) is 1. The van der Waals surface area contributed by atoms with E-state index in [1.54, 1.807) is 43.5 Å². The summed E-state index contributed by atoms with van der Waals surface area (Å²) in [6.07, 6.45) is 2.37. The lowest BCUT2D eigenvalue weighted by molar-refractivity contribution is -0.130. The Labute approximate surface area is 184 Å². The lowest BCUT2D eigenvalue weighted by atomic mass is 10.1. The van der Waals surface area contributed by atoms with Crippen molar-refractivity contribution < 1.29 is 19.1 Å². The predicted molar refractivity (Wildman–Crippen MR) is 115 cm³/mol. The molecule has 2 heterocycles. The number of carbonyl (C=O) groups is 3. The van der Waals surface area contributed by atoms with Gasteiger partial charge in [-0.25, -0.2) is 0 Å². The van der Waals surface area contributed by atoms with Gasteiger partial charge in [-0.2, -0.15) is 0 Å². The maximum Gasteiger partial charge on any atom is 0.261 e. The summed E-state index contributed by atoms with van der Waals surface area (Å²) in [5.74, 6) is 0.0757. The molecule has 0 radical (unpaired) electrons. The van der Waals surface area contributed by atoms with Crippen LogP contribution in [0.3, 0.4) is 0 Å². The first-order chi connectivity index (χ1) is 14.2. The monoisotopic (exact) mass is 473 g/mol. The molecule has 0 aliphatic carbocycles. The standard InChI is InChI=1S/C22H24BrN3O4/c1-13-11-24-18(14(2)20(13)30-4)12-25(3)19(27)6-5-9-26-21(28)16-8-7-15(23)10-17(16)22(26)29/h7-8,10-11H,5-6,9,12H2,1-4H3. The first-order valence-electron chi connectivity index (χ1n) is 9.63. The molecule has 0 spiro atoms. The van der Waals surface area contributed by atoms with E-state index in [0.29, 0.717) is 24.1 Å². The average molecular weight is 474 g/mol. The number of halogens is 1. The van der Waals surface area contributed by atoms with Crippen molar-refractivity contribution >= 4 is 33.7 Å². The van der Waals surface area contributed by atoms with Gasteiger partial charge >= 0.3 is 0 Å². The van der Waals surface area contributed by atoms with Crippen LogP contribution in [0.2, 0.25) is 0 Å². The number of aromatic nitrogens is 1. The summed E-state index contributed by atoms with van der Waals surface area (Å²) < 4.78 is 6.17. The van der Waals surface area contributed by atoms with Crippen LogP contribution in [0.1, 0.15) is 50.4 Å². The molecule has 7 nitrogen and oxygen atoms in total. The molecule has 3 rings (SSSR count). The van der Waals surface area contributed by atoms with Crippen molar-refractivity contribution in [1.82, 2.24) is 14.8 Å². The fourth-order valence-corrected chi connectivity index (χ4v) is 3.95. The van der Waals surface area contributed by atoms with E-state index < -0.39 is 0 Å². The van der Waals surface area contributed by atoms with Gasteiger partial charge in [0, 0.05) is 41.8 Å². The summed E-state index contributed by atoms with van der Waals surface area (Å²) >= 11 is 3.32. The Hall–Kier alpha value is -2.74. The summed E-state index contributed by atoms with van der Waals surface area (Å²) in [7, 11) is 3.33. The number of methoxy groups -OCH3 is 1. The molecule has 8 heteroatoms. The minimum Gasteiger partial charge on any atom is -0.496 e. The lowest BCUT2D eigenvalue weighted by Crippen LogP contribution is -2.32. The van der Waals surface area contributed by atoms with Gasteiger partial charge in [0.1, 0.15) is 5.75 Å². The quantitative estimate of drug-likeness (QED) is 0.574. The van der Waals surface area contributed by atoms with Crippen LogP contribution in [-0.2, 0) is 11.3 Å². The zero-order chi connectivity index (χ0) is 22.0. The number of amides is 3. The maximum atomic E-state index is 12.6. The summed E-state index contributed by atoms with van der Waals surface area (Å²) in [6.45, 7) is 4.42. The number of imide groups is 1. The Morgan fingerprint density at radius 3 is 2.60 bits per heavy atom. The number of rotatable bonds is 7. The number of benzene rings is 1. The van der Waals surface area contributed by atoms with Crippen LogP contribution < -0.4 is 4.74 Å². The highest BCUT2D eigenvalue weighted by Gasteiger charge is 2.35. The third-order valence-corrected chi connectivity index (χ3v) is 5.76. The molecule has 1 aliphatic heterocycles. The smallest absolute Gasteiger partial charge is 0.261 e. The Morgan fingerprint density at radius 1 is 1.20 bits per heavy atom. The van der Waals surface area contributed by atoms with Crippen molar-refractivity contribution in [2.24, 2.45) is 0 Å². The van der Waals surface area contributed by atoms with Gasteiger partial charge in [-0.05, 0) is 38.5 Å². The number of pyridine rings is 1. The largest absolute Gasteiger partial charge is 0.496 e. The van der Waals surface area contributed by atoms with E-state index in [0.717, 1.165) is 27.0 Å². The van der Waals surface area contributed by atoms with Gasteiger partial charge in [0.2, 0.25) is 5.91 Å². The Balaban J connectivity index is 1.56. The molecule has 1 aromatic carbocycles. The summed E-state index contributed by atoms with van der Waals surface area (Å²) in [5, 5.41) is 0. The molecular formula is C22H24BrN3O4. The molecule has 0 N–H and O–H groups in total. The average Bonchev–Trinajstić information content (AvgIpc) is 2.94. The van der Waals surface area contributed by atoms with Crippen LogP contribution in [0.25, 0.3) is 0 Å².